The molecule has 1 aromatic carbocycles. The molecule has 17 heavy (non-hydrogen) atoms. The summed E-state index contributed by atoms with van der Waals surface area (Å²) in [6.45, 7) is 0. The fourth-order valence-electron chi connectivity index (χ4n) is 3.61. The quantitative estimate of drug-likeness (QED) is 0.788. The highest BCUT2D eigenvalue weighted by Gasteiger charge is 2.45. The molecular weight excluding hydrogens is 210 g/mol. The first-order valence-corrected chi connectivity index (χ1v) is 6.66. The SMILES string of the molecule is O=C1CCC2(c3ccccc3)CCCCC2N1. The number of piperidine rings is 1. The number of rotatable bonds is 1. The lowest BCUT2D eigenvalue weighted by Crippen LogP contribution is -2.56. The monoisotopic (exact) mass is 229 g/mol. The first-order chi connectivity index (χ1) is 8.31. The lowest BCUT2D eigenvalue weighted by atomic mass is 9.62. The molecule has 2 atom stereocenters. The van der Waals surface area contributed by atoms with Gasteiger partial charge in [-0.1, -0.05) is 43.2 Å². The molecular formula is C15H19NO. The lowest BCUT2D eigenvalue weighted by molar-refractivity contribution is -0.125. The zero-order chi connectivity index (χ0) is 11.7. The molecule has 1 aliphatic heterocycles. The standard InChI is InChI=1S/C15H19NO/c17-14-9-11-15(12-6-2-1-3-7-12)10-5-4-8-13(15)16-14/h1-3,6-7,13H,4-5,8-11H2,(H,16,17). The van der Waals surface area contributed by atoms with Gasteiger partial charge in [-0.25, -0.2) is 0 Å². The van der Waals surface area contributed by atoms with Gasteiger partial charge in [0.2, 0.25) is 5.91 Å². The zero-order valence-corrected chi connectivity index (χ0v) is 10.1. The van der Waals surface area contributed by atoms with E-state index in [-0.39, 0.29) is 11.3 Å². The third kappa shape index (κ3) is 1.76. The van der Waals surface area contributed by atoms with Crippen LogP contribution in [0.3, 0.4) is 0 Å². The van der Waals surface area contributed by atoms with Crippen LogP contribution in [0.2, 0.25) is 0 Å². The Morgan fingerprint density at radius 3 is 2.76 bits per heavy atom. The van der Waals surface area contributed by atoms with Gasteiger partial charge in [-0.15, -0.1) is 0 Å². The molecule has 1 N–H and O–H groups in total. The molecule has 90 valence electrons. The van der Waals surface area contributed by atoms with Gasteiger partial charge in [-0.2, -0.15) is 0 Å². The Labute approximate surface area is 102 Å². The van der Waals surface area contributed by atoms with E-state index in [1.54, 1.807) is 0 Å². The van der Waals surface area contributed by atoms with Gasteiger partial charge in [0.1, 0.15) is 0 Å². The molecule has 1 heterocycles. The summed E-state index contributed by atoms with van der Waals surface area (Å²) in [7, 11) is 0. The van der Waals surface area contributed by atoms with E-state index in [9.17, 15) is 4.79 Å². The molecule has 0 bridgehead atoms. The van der Waals surface area contributed by atoms with Crippen molar-refractivity contribution in [3.63, 3.8) is 0 Å². The summed E-state index contributed by atoms with van der Waals surface area (Å²) in [5, 5.41) is 3.22. The van der Waals surface area contributed by atoms with Crippen LogP contribution in [0.15, 0.2) is 30.3 Å². The van der Waals surface area contributed by atoms with Crippen LogP contribution in [-0.4, -0.2) is 11.9 Å². The first-order valence-electron chi connectivity index (χ1n) is 6.66. The van der Waals surface area contributed by atoms with E-state index >= 15 is 0 Å². The molecule has 1 saturated carbocycles. The second-order valence-corrected chi connectivity index (χ2v) is 5.39. The third-order valence-corrected chi connectivity index (χ3v) is 4.51. The molecule has 1 amide bonds. The van der Waals surface area contributed by atoms with Crippen molar-refractivity contribution < 1.29 is 4.79 Å². The van der Waals surface area contributed by atoms with Crippen LogP contribution in [0, 0.1) is 0 Å². The van der Waals surface area contributed by atoms with Crippen molar-refractivity contribution >= 4 is 5.91 Å². The Morgan fingerprint density at radius 1 is 1.12 bits per heavy atom. The Morgan fingerprint density at radius 2 is 1.94 bits per heavy atom. The highest BCUT2D eigenvalue weighted by atomic mass is 16.1. The predicted octanol–water partition coefficient (Wildman–Crippen LogP) is 2.78. The molecule has 2 aliphatic rings. The Hall–Kier alpha value is -1.31. The molecule has 2 nitrogen and oxygen atoms in total. The first kappa shape index (κ1) is 10.8. The molecule has 1 aliphatic carbocycles. The number of carbonyl (C=O) groups excluding carboxylic acids is 1. The van der Waals surface area contributed by atoms with Crippen molar-refractivity contribution in [2.75, 3.05) is 0 Å². The van der Waals surface area contributed by atoms with E-state index in [0.717, 1.165) is 12.8 Å². The normalized spacial score (nSPS) is 32.7. The van der Waals surface area contributed by atoms with Crippen molar-refractivity contribution in [1.29, 1.82) is 0 Å². The smallest absolute Gasteiger partial charge is 0.220 e. The molecule has 0 aromatic heterocycles. The fourth-order valence-corrected chi connectivity index (χ4v) is 3.61. The van der Waals surface area contributed by atoms with Crippen LogP contribution < -0.4 is 5.32 Å². The van der Waals surface area contributed by atoms with Crippen LogP contribution in [0.5, 0.6) is 0 Å². The maximum atomic E-state index is 11.6. The lowest BCUT2D eigenvalue weighted by Gasteiger charge is -2.48. The number of fused-ring (bicyclic) bond motifs is 1. The number of nitrogens with one attached hydrogen (secondary N) is 1. The van der Waals surface area contributed by atoms with Crippen molar-refractivity contribution in [2.45, 2.75) is 50.0 Å². The van der Waals surface area contributed by atoms with Crippen LogP contribution in [0.4, 0.5) is 0 Å². The summed E-state index contributed by atoms with van der Waals surface area (Å²) in [6, 6.07) is 11.1. The van der Waals surface area contributed by atoms with E-state index < -0.39 is 0 Å². The number of carbonyl (C=O) groups is 1. The minimum Gasteiger partial charge on any atom is -0.352 e. The van der Waals surface area contributed by atoms with Gasteiger partial charge in [0.15, 0.2) is 0 Å². The fraction of sp³-hybridized carbons (Fsp3) is 0.533. The predicted molar refractivity (Wildman–Crippen MR) is 67.8 cm³/mol. The zero-order valence-electron chi connectivity index (χ0n) is 10.1. The van der Waals surface area contributed by atoms with Crippen molar-refractivity contribution in [2.24, 2.45) is 0 Å². The number of hydrogen-bond acceptors (Lipinski definition) is 1. The van der Waals surface area contributed by atoms with Gasteiger partial charge >= 0.3 is 0 Å². The van der Waals surface area contributed by atoms with Crippen molar-refractivity contribution in [3.8, 4) is 0 Å². The van der Waals surface area contributed by atoms with Crippen LogP contribution in [0.25, 0.3) is 0 Å². The summed E-state index contributed by atoms with van der Waals surface area (Å²) in [6.07, 6.45) is 6.61. The third-order valence-electron chi connectivity index (χ3n) is 4.51. The average molecular weight is 229 g/mol. The maximum Gasteiger partial charge on any atom is 0.220 e. The largest absolute Gasteiger partial charge is 0.352 e. The average Bonchev–Trinajstić information content (AvgIpc) is 2.40. The highest BCUT2D eigenvalue weighted by molar-refractivity contribution is 5.78. The Kier molecular flexibility index (Phi) is 2.65. The number of amides is 1. The van der Waals surface area contributed by atoms with Gasteiger partial charge in [-0.3, -0.25) is 4.79 Å². The topological polar surface area (TPSA) is 29.1 Å². The number of hydrogen-bond donors (Lipinski definition) is 1. The summed E-state index contributed by atoms with van der Waals surface area (Å²) in [5.74, 6) is 0.239. The van der Waals surface area contributed by atoms with Crippen molar-refractivity contribution in [1.82, 2.24) is 5.32 Å². The Bertz CT molecular complexity index is 414. The summed E-state index contributed by atoms with van der Waals surface area (Å²) >= 11 is 0. The van der Waals surface area contributed by atoms with Crippen LogP contribution in [-0.2, 0) is 10.2 Å². The van der Waals surface area contributed by atoms with E-state index in [1.165, 1.54) is 24.8 Å². The van der Waals surface area contributed by atoms with E-state index in [2.05, 4.69) is 35.6 Å². The number of benzene rings is 1. The Balaban J connectivity index is 1.99. The van der Waals surface area contributed by atoms with Gasteiger partial charge in [0, 0.05) is 17.9 Å². The summed E-state index contributed by atoms with van der Waals surface area (Å²) in [4.78, 5) is 11.6. The van der Waals surface area contributed by atoms with E-state index in [4.69, 9.17) is 0 Å². The summed E-state index contributed by atoms with van der Waals surface area (Å²) in [5.41, 5.74) is 1.64. The van der Waals surface area contributed by atoms with Gasteiger partial charge < -0.3 is 5.32 Å². The second kappa shape index (κ2) is 4.17. The minimum absolute atomic E-state index is 0.216. The molecule has 3 rings (SSSR count). The molecule has 0 spiro atoms. The molecule has 2 fully saturated rings. The van der Waals surface area contributed by atoms with E-state index in [1.807, 2.05) is 0 Å². The summed E-state index contributed by atoms with van der Waals surface area (Å²) < 4.78 is 0. The van der Waals surface area contributed by atoms with Gasteiger partial charge in [0.25, 0.3) is 0 Å². The molecule has 2 unspecified atom stereocenters. The van der Waals surface area contributed by atoms with Crippen molar-refractivity contribution in [3.05, 3.63) is 35.9 Å². The highest BCUT2D eigenvalue weighted by Crippen LogP contribution is 2.44. The minimum atomic E-state index is 0.216. The molecule has 2 heteroatoms. The van der Waals surface area contributed by atoms with E-state index in [0.29, 0.717) is 12.5 Å². The molecule has 0 radical (unpaired) electrons. The van der Waals surface area contributed by atoms with Gasteiger partial charge in [-0.05, 0) is 24.8 Å². The molecule has 1 aromatic rings. The van der Waals surface area contributed by atoms with Crippen LogP contribution in [0.1, 0.15) is 44.1 Å². The molecule has 1 saturated heterocycles. The van der Waals surface area contributed by atoms with Gasteiger partial charge in [0.05, 0.1) is 0 Å². The van der Waals surface area contributed by atoms with Crippen LogP contribution >= 0.6 is 0 Å². The second-order valence-electron chi connectivity index (χ2n) is 5.39. The maximum absolute atomic E-state index is 11.6.